The van der Waals surface area contributed by atoms with Crippen LogP contribution in [0.2, 0.25) is 0 Å². The summed E-state index contributed by atoms with van der Waals surface area (Å²) >= 11 is 0. The molecule has 20 heavy (non-hydrogen) atoms. The van der Waals surface area contributed by atoms with Crippen molar-refractivity contribution in [2.24, 2.45) is 0 Å². The maximum Gasteiger partial charge on any atom is 0.315 e. The van der Waals surface area contributed by atoms with Gasteiger partial charge in [0.15, 0.2) is 0 Å². The number of hydrogen-bond acceptors (Lipinski definition) is 2. The zero-order chi connectivity index (χ0) is 15.1. The van der Waals surface area contributed by atoms with E-state index in [1.165, 1.54) is 0 Å². The molecule has 0 spiro atoms. The molecule has 3 N–H and O–H groups in total. The molecular weight excluding hydrogens is 254 g/mol. The van der Waals surface area contributed by atoms with Crippen LogP contribution in [0.25, 0.3) is 0 Å². The molecule has 0 aromatic heterocycles. The number of rotatable bonds is 5. The molecule has 0 unspecified atom stereocenters. The Morgan fingerprint density at radius 2 is 1.65 bits per heavy atom. The van der Waals surface area contributed by atoms with Gasteiger partial charge in [0.05, 0.1) is 6.54 Å². The first-order valence-electron chi connectivity index (χ1n) is 6.83. The molecule has 5 heteroatoms. The smallest absolute Gasteiger partial charge is 0.315 e. The second kappa shape index (κ2) is 7.53. The number of benzene rings is 1. The number of carbonyl (C=O) groups is 2. The summed E-state index contributed by atoms with van der Waals surface area (Å²) in [6.07, 6.45) is 0.862. The van der Waals surface area contributed by atoms with Crippen LogP contribution in [0.3, 0.4) is 0 Å². The van der Waals surface area contributed by atoms with E-state index >= 15 is 0 Å². The van der Waals surface area contributed by atoms with Gasteiger partial charge in [0.1, 0.15) is 0 Å². The largest absolute Gasteiger partial charge is 0.338 e. The molecular formula is C15H23N3O2. The van der Waals surface area contributed by atoms with Gasteiger partial charge in [-0.2, -0.15) is 0 Å². The Labute approximate surface area is 120 Å². The average Bonchev–Trinajstić information content (AvgIpc) is 2.38. The van der Waals surface area contributed by atoms with E-state index in [9.17, 15) is 9.59 Å². The SMILES string of the molecule is CCCNC(=O)NCC(=O)Nc1c(C)cc(C)cc1C. The Morgan fingerprint density at radius 3 is 2.20 bits per heavy atom. The van der Waals surface area contributed by atoms with E-state index in [2.05, 4.69) is 16.0 Å². The van der Waals surface area contributed by atoms with Crippen molar-refractivity contribution in [2.45, 2.75) is 34.1 Å². The Kier molecular flexibility index (Phi) is 6.03. The minimum absolute atomic E-state index is 0.0394. The molecule has 0 saturated carbocycles. The first kappa shape index (κ1) is 16.0. The lowest BCUT2D eigenvalue weighted by molar-refractivity contribution is -0.115. The van der Waals surface area contributed by atoms with Crippen LogP contribution in [-0.2, 0) is 4.79 Å². The number of anilines is 1. The molecule has 5 nitrogen and oxygen atoms in total. The summed E-state index contributed by atoms with van der Waals surface area (Å²) in [5.74, 6) is -0.230. The zero-order valence-corrected chi connectivity index (χ0v) is 12.6. The summed E-state index contributed by atoms with van der Waals surface area (Å²) in [4.78, 5) is 23.2. The lowest BCUT2D eigenvalue weighted by Crippen LogP contribution is -2.40. The molecule has 0 aliphatic heterocycles. The topological polar surface area (TPSA) is 70.2 Å². The van der Waals surface area contributed by atoms with Crippen molar-refractivity contribution in [1.82, 2.24) is 10.6 Å². The van der Waals surface area contributed by atoms with Gasteiger partial charge in [-0.3, -0.25) is 4.79 Å². The highest BCUT2D eigenvalue weighted by atomic mass is 16.2. The third kappa shape index (κ3) is 4.91. The van der Waals surface area contributed by atoms with Crippen LogP contribution in [0.1, 0.15) is 30.0 Å². The first-order chi connectivity index (χ1) is 9.43. The van der Waals surface area contributed by atoms with Gasteiger partial charge < -0.3 is 16.0 Å². The summed E-state index contributed by atoms with van der Waals surface area (Å²) in [6.45, 7) is 8.46. The molecule has 1 rings (SSSR count). The van der Waals surface area contributed by atoms with Crippen LogP contribution in [0.4, 0.5) is 10.5 Å². The van der Waals surface area contributed by atoms with Gasteiger partial charge in [0, 0.05) is 12.2 Å². The monoisotopic (exact) mass is 277 g/mol. The minimum Gasteiger partial charge on any atom is -0.338 e. The van der Waals surface area contributed by atoms with Crippen molar-refractivity contribution in [2.75, 3.05) is 18.4 Å². The molecule has 0 bridgehead atoms. The van der Waals surface area contributed by atoms with E-state index in [1.807, 2.05) is 39.8 Å². The lowest BCUT2D eigenvalue weighted by atomic mass is 10.1. The molecule has 110 valence electrons. The summed E-state index contributed by atoms with van der Waals surface area (Å²) in [6, 6.07) is 3.72. The third-order valence-corrected chi connectivity index (χ3v) is 2.89. The summed E-state index contributed by atoms with van der Waals surface area (Å²) in [7, 11) is 0. The van der Waals surface area contributed by atoms with Crippen LogP contribution in [0, 0.1) is 20.8 Å². The molecule has 0 heterocycles. The van der Waals surface area contributed by atoms with E-state index in [-0.39, 0.29) is 18.5 Å². The number of amides is 3. The fourth-order valence-electron chi connectivity index (χ4n) is 2.02. The van der Waals surface area contributed by atoms with Crippen molar-refractivity contribution in [3.8, 4) is 0 Å². The number of hydrogen-bond donors (Lipinski definition) is 3. The van der Waals surface area contributed by atoms with Gasteiger partial charge in [-0.1, -0.05) is 24.6 Å². The van der Waals surface area contributed by atoms with Crippen molar-refractivity contribution in [1.29, 1.82) is 0 Å². The molecule has 1 aromatic carbocycles. The van der Waals surface area contributed by atoms with Crippen LogP contribution in [0.15, 0.2) is 12.1 Å². The van der Waals surface area contributed by atoms with Gasteiger partial charge in [-0.05, 0) is 38.3 Å². The first-order valence-corrected chi connectivity index (χ1v) is 6.83. The number of urea groups is 1. The van der Waals surface area contributed by atoms with Crippen LogP contribution >= 0.6 is 0 Å². The highest BCUT2D eigenvalue weighted by Crippen LogP contribution is 2.21. The second-order valence-electron chi connectivity index (χ2n) is 4.93. The summed E-state index contributed by atoms with van der Waals surface area (Å²) in [5, 5.41) is 8.01. The molecule has 0 fully saturated rings. The van der Waals surface area contributed by atoms with E-state index in [4.69, 9.17) is 0 Å². The van der Waals surface area contributed by atoms with Crippen LogP contribution < -0.4 is 16.0 Å². The minimum atomic E-state index is -0.320. The normalized spacial score (nSPS) is 10.0. The number of carbonyl (C=O) groups excluding carboxylic acids is 2. The molecule has 0 aliphatic carbocycles. The van der Waals surface area contributed by atoms with Gasteiger partial charge in [0.25, 0.3) is 0 Å². The molecule has 0 atom stereocenters. The quantitative estimate of drug-likeness (QED) is 0.772. The standard InChI is InChI=1S/C15H23N3O2/c1-5-6-16-15(20)17-9-13(19)18-14-11(3)7-10(2)8-12(14)4/h7-8H,5-6,9H2,1-4H3,(H,18,19)(H2,16,17,20). The van der Waals surface area contributed by atoms with Crippen LogP contribution in [0.5, 0.6) is 0 Å². The van der Waals surface area contributed by atoms with Crippen molar-refractivity contribution in [3.05, 3.63) is 28.8 Å². The van der Waals surface area contributed by atoms with Crippen LogP contribution in [-0.4, -0.2) is 25.0 Å². The molecule has 0 aliphatic rings. The number of nitrogens with one attached hydrogen (secondary N) is 3. The maximum atomic E-state index is 11.8. The zero-order valence-electron chi connectivity index (χ0n) is 12.6. The Balaban J connectivity index is 2.53. The van der Waals surface area contributed by atoms with Gasteiger partial charge in [-0.15, -0.1) is 0 Å². The van der Waals surface area contributed by atoms with Gasteiger partial charge in [-0.25, -0.2) is 4.79 Å². The summed E-state index contributed by atoms with van der Waals surface area (Å²) < 4.78 is 0. The van der Waals surface area contributed by atoms with E-state index in [0.717, 1.165) is 28.8 Å². The predicted molar refractivity (Wildman–Crippen MR) is 81.0 cm³/mol. The third-order valence-electron chi connectivity index (χ3n) is 2.89. The Bertz CT molecular complexity index is 475. The fourth-order valence-corrected chi connectivity index (χ4v) is 2.02. The van der Waals surface area contributed by atoms with Gasteiger partial charge >= 0.3 is 6.03 Å². The Hall–Kier alpha value is -2.04. The molecule has 0 saturated heterocycles. The number of aryl methyl sites for hydroxylation is 3. The lowest BCUT2D eigenvalue weighted by Gasteiger charge is -2.13. The van der Waals surface area contributed by atoms with E-state index < -0.39 is 0 Å². The predicted octanol–water partition coefficient (Wildman–Crippen LogP) is 2.26. The van der Waals surface area contributed by atoms with E-state index in [1.54, 1.807) is 0 Å². The molecule has 3 amide bonds. The highest BCUT2D eigenvalue weighted by Gasteiger charge is 2.09. The maximum absolute atomic E-state index is 11.8. The van der Waals surface area contributed by atoms with Crippen molar-refractivity contribution < 1.29 is 9.59 Å². The van der Waals surface area contributed by atoms with Gasteiger partial charge in [0.2, 0.25) is 5.91 Å². The molecule has 1 aromatic rings. The van der Waals surface area contributed by atoms with Crippen molar-refractivity contribution in [3.63, 3.8) is 0 Å². The van der Waals surface area contributed by atoms with E-state index in [0.29, 0.717) is 6.54 Å². The fraction of sp³-hybridized carbons (Fsp3) is 0.467. The average molecular weight is 277 g/mol. The van der Waals surface area contributed by atoms with Crippen molar-refractivity contribution >= 4 is 17.6 Å². The second-order valence-corrected chi connectivity index (χ2v) is 4.93. The highest BCUT2D eigenvalue weighted by molar-refractivity contribution is 5.95. The Morgan fingerprint density at radius 1 is 1.05 bits per heavy atom. The molecule has 0 radical (unpaired) electrons. The summed E-state index contributed by atoms with van der Waals surface area (Å²) in [5.41, 5.74) is 4.02.